The lowest BCUT2D eigenvalue weighted by Gasteiger charge is -2.11. The first kappa shape index (κ1) is 19.4. The van der Waals surface area contributed by atoms with Gasteiger partial charge in [0.2, 0.25) is 0 Å². The number of ether oxygens (including phenoxy) is 1. The first-order valence-electron chi connectivity index (χ1n) is 8.90. The number of aliphatic hydroxyl groups is 1. The summed E-state index contributed by atoms with van der Waals surface area (Å²) in [6.07, 6.45) is 1.38. The monoisotopic (exact) mass is 387 g/mol. The third-order valence-electron chi connectivity index (χ3n) is 4.03. The quantitative estimate of drug-likeness (QED) is 0.452. The van der Waals surface area contributed by atoms with E-state index in [0.29, 0.717) is 23.3 Å². The van der Waals surface area contributed by atoms with Crippen molar-refractivity contribution in [1.29, 1.82) is 0 Å². The Morgan fingerprint density at radius 3 is 2.56 bits per heavy atom. The molecule has 0 fully saturated rings. The van der Waals surface area contributed by atoms with Crippen molar-refractivity contribution < 1.29 is 9.84 Å². The minimum atomic E-state index is -0.417. The predicted octanol–water partition coefficient (Wildman–Crippen LogP) is 3.50. The fourth-order valence-corrected chi connectivity index (χ4v) is 3.28. The minimum Gasteiger partial charge on any atom is -0.497 e. The van der Waals surface area contributed by atoms with Crippen LogP contribution in [0.4, 0.5) is 5.82 Å². The van der Waals surface area contributed by atoms with E-state index in [-0.39, 0.29) is 6.04 Å². The molecule has 0 saturated carbocycles. The smallest absolute Gasteiger partial charge is 0.191 e. The van der Waals surface area contributed by atoms with Crippen molar-refractivity contribution in [3.05, 3.63) is 36.2 Å². The molecule has 1 atom stereocenters. The summed E-state index contributed by atoms with van der Waals surface area (Å²) >= 11 is 1.44. The maximum Gasteiger partial charge on any atom is 0.191 e. The first-order chi connectivity index (χ1) is 13.0. The number of nitrogens with zero attached hydrogens (tertiary/aromatic N) is 4. The maximum absolute atomic E-state index is 9.57. The van der Waals surface area contributed by atoms with Gasteiger partial charge in [0.15, 0.2) is 22.1 Å². The number of fused-ring (bicyclic) bond motifs is 1. The SMILES string of the molecule is COc1ccc(CNc2nc(SCC(C)O)nc3c2ncn3C(C)C)cc1. The molecule has 2 N–H and O–H groups in total. The molecule has 3 rings (SSSR count). The van der Waals surface area contributed by atoms with Gasteiger partial charge in [0.25, 0.3) is 0 Å². The van der Waals surface area contributed by atoms with Crippen LogP contribution in [-0.2, 0) is 6.54 Å². The molecular weight excluding hydrogens is 362 g/mol. The second-order valence-electron chi connectivity index (χ2n) is 6.63. The van der Waals surface area contributed by atoms with Crippen LogP contribution in [0.2, 0.25) is 0 Å². The first-order valence-corrected chi connectivity index (χ1v) is 9.88. The number of anilines is 1. The minimum absolute atomic E-state index is 0.244. The van der Waals surface area contributed by atoms with Gasteiger partial charge in [-0.3, -0.25) is 0 Å². The van der Waals surface area contributed by atoms with E-state index >= 15 is 0 Å². The van der Waals surface area contributed by atoms with Crippen LogP contribution in [0.3, 0.4) is 0 Å². The Balaban J connectivity index is 1.89. The molecule has 2 aromatic heterocycles. The van der Waals surface area contributed by atoms with Crippen LogP contribution in [0.25, 0.3) is 11.2 Å². The number of nitrogens with one attached hydrogen (secondary N) is 1. The van der Waals surface area contributed by atoms with Gasteiger partial charge in [0.1, 0.15) is 5.75 Å². The fourth-order valence-electron chi connectivity index (χ4n) is 2.59. The number of methoxy groups -OCH3 is 1. The Hall–Kier alpha value is -2.32. The van der Waals surface area contributed by atoms with Gasteiger partial charge in [-0.1, -0.05) is 23.9 Å². The lowest BCUT2D eigenvalue weighted by molar-refractivity contribution is 0.220. The molecule has 0 aliphatic rings. The van der Waals surface area contributed by atoms with Crippen molar-refractivity contribution in [2.75, 3.05) is 18.2 Å². The third kappa shape index (κ3) is 4.70. The van der Waals surface area contributed by atoms with E-state index in [9.17, 15) is 5.11 Å². The van der Waals surface area contributed by atoms with E-state index in [2.05, 4.69) is 34.1 Å². The third-order valence-corrected chi connectivity index (χ3v) is 5.12. The van der Waals surface area contributed by atoms with Crippen LogP contribution in [-0.4, -0.2) is 43.6 Å². The topological polar surface area (TPSA) is 85.1 Å². The summed E-state index contributed by atoms with van der Waals surface area (Å²) in [4.78, 5) is 13.8. The van der Waals surface area contributed by atoms with Crippen molar-refractivity contribution in [2.45, 2.75) is 44.6 Å². The number of hydrogen-bond acceptors (Lipinski definition) is 7. The van der Waals surface area contributed by atoms with Gasteiger partial charge in [-0.25, -0.2) is 15.0 Å². The van der Waals surface area contributed by atoms with Crippen LogP contribution in [0.15, 0.2) is 35.7 Å². The predicted molar refractivity (Wildman–Crippen MR) is 108 cm³/mol. The van der Waals surface area contributed by atoms with Gasteiger partial charge in [-0.15, -0.1) is 0 Å². The normalized spacial score (nSPS) is 12.5. The molecule has 0 aliphatic heterocycles. The standard InChI is InChI=1S/C19H25N5O2S/c1-12(2)24-11-21-16-17(20-9-14-5-7-15(26-4)8-6-14)22-19(23-18(16)24)27-10-13(3)25/h5-8,11-13,25H,9-10H2,1-4H3,(H,20,22,23). The number of rotatable bonds is 8. The fraction of sp³-hybridized carbons (Fsp3) is 0.421. The zero-order chi connectivity index (χ0) is 19.4. The molecule has 0 spiro atoms. The second kappa shape index (κ2) is 8.58. The van der Waals surface area contributed by atoms with Crippen LogP contribution < -0.4 is 10.1 Å². The summed E-state index contributed by atoms with van der Waals surface area (Å²) in [6.45, 7) is 6.56. The maximum atomic E-state index is 9.57. The summed E-state index contributed by atoms with van der Waals surface area (Å²) in [5.74, 6) is 2.07. The molecule has 0 aliphatic carbocycles. The highest BCUT2D eigenvalue weighted by atomic mass is 32.2. The molecule has 144 valence electrons. The zero-order valence-electron chi connectivity index (χ0n) is 16.0. The summed E-state index contributed by atoms with van der Waals surface area (Å²) in [6, 6.07) is 8.14. The summed E-state index contributed by atoms with van der Waals surface area (Å²) in [5, 5.41) is 13.6. The summed E-state index contributed by atoms with van der Waals surface area (Å²) in [7, 11) is 1.66. The van der Waals surface area contributed by atoms with Crippen LogP contribution in [0.1, 0.15) is 32.4 Å². The molecule has 27 heavy (non-hydrogen) atoms. The highest BCUT2D eigenvalue weighted by molar-refractivity contribution is 7.99. The van der Waals surface area contributed by atoms with Crippen LogP contribution in [0.5, 0.6) is 5.75 Å². The molecule has 0 bridgehead atoms. The Morgan fingerprint density at radius 2 is 1.93 bits per heavy atom. The van der Waals surface area contributed by atoms with E-state index in [0.717, 1.165) is 22.5 Å². The lowest BCUT2D eigenvalue weighted by Crippen LogP contribution is -2.08. The van der Waals surface area contributed by atoms with Gasteiger partial charge < -0.3 is 19.7 Å². The Bertz CT molecular complexity index is 893. The van der Waals surface area contributed by atoms with Crippen molar-refractivity contribution >= 4 is 28.7 Å². The number of hydrogen-bond donors (Lipinski definition) is 2. The highest BCUT2D eigenvalue weighted by Gasteiger charge is 2.15. The molecule has 0 saturated heterocycles. The average molecular weight is 388 g/mol. The summed E-state index contributed by atoms with van der Waals surface area (Å²) in [5.41, 5.74) is 2.66. The zero-order valence-corrected chi connectivity index (χ0v) is 16.8. The van der Waals surface area contributed by atoms with Crippen molar-refractivity contribution in [2.24, 2.45) is 0 Å². The van der Waals surface area contributed by atoms with Crippen LogP contribution in [0, 0.1) is 0 Å². The molecule has 0 amide bonds. The number of aromatic nitrogens is 4. The van der Waals surface area contributed by atoms with E-state index in [1.54, 1.807) is 20.4 Å². The van der Waals surface area contributed by atoms with E-state index < -0.39 is 6.10 Å². The van der Waals surface area contributed by atoms with Crippen LogP contribution >= 0.6 is 11.8 Å². The van der Waals surface area contributed by atoms with Gasteiger partial charge >= 0.3 is 0 Å². The van der Waals surface area contributed by atoms with E-state index in [4.69, 9.17) is 4.74 Å². The second-order valence-corrected chi connectivity index (χ2v) is 7.62. The largest absolute Gasteiger partial charge is 0.497 e. The van der Waals surface area contributed by atoms with Crippen molar-refractivity contribution in [1.82, 2.24) is 19.5 Å². The lowest BCUT2D eigenvalue weighted by atomic mass is 10.2. The van der Waals surface area contributed by atoms with E-state index in [1.807, 2.05) is 28.8 Å². The number of thioether (sulfide) groups is 1. The molecule has 1 unspecified atom stereocenters. The number of aliphatic hydroxyl groups excluding tert-OH is 1. The molecule has 8 heteroatoms. The summed E-state index contributed by atoms with van der Waals surface area (Å²) < 4.78 is 7.23. The molecule has 0 radical (unpaired) electrons. The Labute approximate surface area is 163 Å². The Morgan fingerprint density at radius 1 is 1.19 bits per heavy atom. The van der Waals surface area contributed by atoms with Crippen molar-refractivity contribution in [3.8, 4) is 5.75 Å². The highest BCUT2D eigenvalue weighted by Crippen LogP contribution is 2.26. The van der Waals surface area contributed by atoms with Crippen molar-refractivity contribution in [3.63, 3.8) is 0 Å². The molecule has 7 nitrogen and oxygen atoms in total. The molecular formula is C19H25N5O2S. The molecule has 1 aromatic carbocycles. The molecule has 3 aromatic rings. The van der Waals surface area contributed by atoms with Gasteiger partial charge in [0.05, 0.1) is 19.5 Å². The number of imidazole rings is 1. The Kier molecular flexibility index (Phi) is 6.18. The van der Waals surface area contributed by atoms with E-state index in [1.165, 1.54) is 11.8 Å². The van der Waals surface area contributed by atoms with Gasteiger partial charge in [-0.05, 0) is 38.5 Å². The van der Waals surface area contributed by atoms with Gasteiger partial charge in [0, 0.05) is 18.3 Å². The molecule has 2 heterocycles. The van der Waals surface area contributed by atoms with Gasteiger partial charge in [-0.2, -0.15) is 0 Å². The average Bonchev–Trinajstić information content (AvgIpc) is 3.09. The number of benzene rings is 1.